The lowest BCUT2D eigenvalue weighted by atomic mass is 9.79. The molecule has 1 aliphatic carbocycles. The zero-order valence-corrected chi connectivity index (χ0v) is 29.0. The molecule has 0 spiro atoms. The second kappa shape index (κ2) is 16.4. The Morgan fingerprint density at radius 2 is 1.82 bits per heavy atom. The van der Waals surface area contributed by atoms with Gasteiger partial charge < -0.3 is 19.4 Å². The number of fused-ring (bicyclic) bond motifs is 1. The van der Waals surface area contributed by atoms with Gasteiger partial charge in [0.1, 0.15) is 11.3 Å². The Labute approximate surface area is 293 Å². The molecule has 4 aromatic rings. The van der Waals surface area contributed by atoms with E-state index in [1.807, 2.05) is 29.2 Å². The van der Waals surface area contributed by atoms with Gasteiger partial charge in [-0.2, -0.15) is 0 Å². The molecule has 3 aromatic carbocycles. The lowest BCUT2D eigenvalue weighted by Crippen LogP contribution is -2.36. The lowest BCUT2D eigenvalue weighted by molar-refractivity contribution is -0.133. The predicted molar refractivity (Wildman–Crippen MR) is 194 cm³/mol. The number of halogens is 1. The minimum atomic E-state index is -0.437. The standard InChI is InChI=1S/C41H45ClN2O5/c1-2-3-22-48-34-19-20-38-36(25-34)37(45)26-39(49-38)41(47)43-33(24-29-13-17-32(42)18-14-29)23-28-11-15-30(16-12-28)35-9-5-4-8-31(35)27-44-21-7-6-10-40(44)46/h4-5,8-9,13-14,17-20,23,25-26,30,33H,2-3,6-7,10-12,15-16,21-22,24,27H2,1H3,(H,43,47)/t30?,33-/m0/s1. The first-order valence-corrected chi connectivity index (χ1v) is 18.0. The summed E-state index contributed by atoms with van der Waals surface area (Å²) in [4.78, 5) is 41.2. The van der Waals surface area contributed by atoms with Gasteiger partial charge in [-0.25, -0.2) is 0 Å². The van der Waals surface area contributed by atoms with Crippen molar-refractivity contribution in [3.05, 3.63) is 122 Å². The molecular weight excluding hydrogens is 636 g/mol. The smallest absolute Gasteiger partial charge is 0.287 e. The van der Waals surface area contributed by atoms with E-state index in [0.29, 0.717) is 53.7 Å². The summed E-state index contributed by atoms with van der Waals surface area (Å²) in [6.07, 6.45) is 11.2. The first kappa shape index (κ1) is 34.5. The molecule has 2 fully saturated rings. The van der Waals surface area contributed by atoms with E-state index in [0.717, 1.165) is 63.5 Å². The summed E-state index contributed by atoms with van der Waals surface area (Å²) in [7, 11) is 0. The van der Waals surface area contributed by atoms with E-state index in [9.17, 15) is 14.4 Å². The van der Waals surface area contributed by atoms with Gasteiger partial charge in [-0.15, -0.1) is 0 Å². The van der Waals surface area contributed by atoms with E-state index < -0.39 is 5.91 Å². The molecule has 1 aromatic heterocycles. The van der Waals surface area contributed by atoms with Crippen molar-refractivity contribution < 1.29 is 18.7 Å². The molecule has 2 aliphatic rings. The molecule has 256 valence electrons. The largest absolute Gasteiger partial charge is 0.494 e. The Balaban J connectivity index is 1.17. The van der Waals surface area contributed by atoms with Crippen LogP contribution in [0.4, 0.5) is 0 Å². The Hall–Kier alpha value is -4.36. The average Bonchev–Trinajstić information content (AvgIpc) is 3.11. The van der Waals surface area contributed by atoms with Crippen molar-refractivity contribution in [3.63, 3.8) is 0 Å². The molecule has 0 radical (unpaired) electrons. The number of carbonyl (C=O) groups is 2. The number of likely N-dealkylation sites (tertiary alicyclic amines) is 1. The number of nitrogens with zero attached hydrogens (tertiary/aromatic N) is 1. The normalized spacial score (nSPS) is 17.2. The van der Waals surface area contributed by atoms with Gasteiger partial charge in [-0.05, 0) is 104 Å². The highest BCUT2D eigenvalue weighted by atomic mass is 35.5. The summed E-state index contributed by atoms with van der Waals surface area (Å²) in [6, 6.07) is 22.3. The summed E-state index contributed by atoms with van der Waals surface area (Å²) < 4.78 is 11.7. The number of benzene rings is 3. The van der Waals surface area contributed by atoms with Crippen molar-refractivity contribution >= 4 is 34.4 Å². The maximum absolute atomic E-state index is 13.6. The monoisotopic (exact) mass is 680 g/mol. The third-order valence-electron chi connectivity index (χ3n) is 9.72. The summed E-state index contributed by atoms with van der Waals surface area (Å²) in [5.41, 5.74) is 4.99. The molecule has 2 heterocycles. The van der Waals surface area contributed by atoms with E-state index >= 15 is 0 Å². The number of carbonyl (C=O) groups excluding carboxylic acids is 2. The zero-order valence-electron chi connectivity index (χ0n) is 28.2. The summed E-state index contributed by atoms with van der Waals surface area (Å²) in [5, 5.41) is 4.18. The number of unbranched alkanes of at least 4 members (excludes halogenated alkanes) is 1. The predicted octanol–water partition coefficient (Wildman–Crippen LogP) is 8.76. The van der Waals surface area contributed by atoms with E-state index in [1.54, 1.807) is 18.2 Å². The fourth-order valence-corrected chi connectivity index (χ4v) is 7.12. The second-order valence-corrected chi connectivity index (χ2v) is 13.8. The molecule has 1 aliphatic heterocycles. The third kappa shape index (κ3) is 9.01. The zero-order chi connectivity index (χ0) is 34.2. The molecule has 1 N–H and O–H groups in total. The van der Waals surface area contributed by atoms with Crippen LogP contribution in [0.1, 0.15) is 97.9 Å². The molecule has 1 saturated heterocycles. The first-order valence-electron chi connectivity index (χ1n) is 17.7. The quantitative estimate of drug-likeness (QED) is 0.119. The fraction of sp³-hybridized carbons (Fsp3) is 0.390. The van der Waals surface area contributed by atoms with Crippen molar-refractivity contribution in [2.75, 3.05) is 13.2 Å². The van der Waals surface area contributed by atoms with Gasteiger partial charge in [0.25, 0.3) is 5.91 Å². The molecule has 7 nitrogen and oxygen atoms in total. The van der Waals surface area contributed by atoms with Gasteiger partial charge in [0, 0.05) is 30.6 Å². The van der Waals surface area contributed by atoms with Crippen molar-refractivity contribution in [1.82, 2.24) is 10.2 Å². The van der Waals surface area contributed by atoms with Crippen LogP contribution >= 0.6 is 11.6 Å². The van der Waals surface area contributed by atoms with Crippen LogP contribution in [0.2, 0.25) is 5.02 Å². The van der Waals surface area contributed by atoms with E-state index in [4.69, 9.17) is 20.8 Å². The number of rotatable bonds is 12. The lowest BCUT2D eigenvalue weighted by Gasteiger charge is -2.31. The molecule has 49 heavy (non-hydrogen) atoms. The molecule has 1 saturated carbocycles. The number of hydrogen-bond acceptors (Lipinski definition) is 5. The SMILES string of the molecule is CCCCOc1ccc2oc(C(=O)N[C@@H](C=C3CCC(c4ccccc4CN4CCCCC4=O)CC3)Cc3ccc(Cl)cc3)cc(=O)c2c1. The van der Waals surface area contributed by atoms with E-state index in [1.165, 1.54) is 22.8 Å². The summed E-state index contributed by atoms with van der Waals surface area (Å²) >= 11 is 6.16. The van der Waals surface area contributed by atoms with Gasteiger partial charge in [0.2, 0.25) is 5.91 Å². The number of ether oxygens (including phenoxy) is 1. The van der Waals surface area contributed by atoms with Crippen LogP contribution in [0.15, 0.2) is 93.7 Å². The number of piperidine rings is 1. The van der Waals surface area contributed by atoms with Gasteiger partial charge >= 0.3 is 0 Å². The Morgan fingerprint density at radius 3 is 2.59 bits per heavy atom. The maximum Gasteiger partial charge on any atom is 0.287 e. The molecule has 6 rings (SSSR count). The summed E-state index contributed by atoms with van der Waals surface area (Å²) in [5.74, 6) is 0.822. The van der Waals surface area contributed by atoms with Gasteiger partial charge in [-0.1, -0.05) is 73.0 Å². The number of hydrogen-bond donors (Lipinski definition) is 1. The Bertz CT molecular complexity index is 1850. The molecule has 2 amide bonds. The minimum Gasteiger partial charge on any atom is -0.494 e. The molecular formula is C41H45ClN2O5. The Morgan fingerprint density at radius 1 is 1.02 bits per heavy atom. The van der Waals surface area contributed by atoms with Crippen LogP contribution in [0.25, 0.3) is 11.0 Å². The molecule has 1 atom stereocenters. The third-order valence-corrected chi connectivity index (χ3v) is 9.97. The van der Waals surface area contributed by atoms with Crippen LogP contribution in [-0.4, -0.2) is 35.9 Å². The fourth-order valence-electron chi connectivity index (χ4n) is 7.00. The minimum absolute atomic E-state index is 0.0239. The number of allylic oxidation sites excluding steroid dienone is 1. The highest BCUT2D eigenvalue weighted by molar-refractivity contribution is 6.30. The highest BCUT2D eigenvalue weighted by Crippen LogP contribution is 2.38. The van der Waals surface area contributed by atoms with Gasteiger partial charge in [-0.3, -0.25) is 14.4 Å². The van der Waals surface area contributed by atoms with E-state index in [-0.39, 0.29) is 23.1 Å². The molecule has 8 heteroatoms. The van der Waals surface area contributed by atoms with Crippen molar-refractivity contribution in [1.29, 1.82) is 0 Å². The van der Waals surface area contributed by atoms with Crippen LogP contribution < -0.4 is 15.5 Å². The van der Waals surface area contributed by atoms with Crippen molar-refractivity contribution in [2.45, 2.75) is 89.6 Å². The maximum atomic E-state index is 13.6. The second-order valence-electron chi connectivity index (χ2n) is 13.3. The molecule has 0 unspecified atom stereocenters. The van der Waals surface area contributed by atoms with Crippen LogP contribution in [0, 0.1) is 0 Å². The topological polar surface area (TPSA) is 88.8 Å². The summed E-state index contributed by atoms with van der Waals surface area (Å²) in [6.45, 7) is 4.19. The van der Waals surface area contributed by atoms with Crippen molar-refractivity contribution in [2.24, 2.45) is 0 Å². The average molecular weight is 681 g/mol. The van der Waals surface area contributed by atoms with Crippen molar-refractivity contribution in [3.8, 4) is 5.75 Å². The number of nitrogens with one attached hydrogen (secondary N) is 1. The molecule has 0 bridgehead atoms. The van der Waals surface area contributed by atoms with Gasteiger partial charge in [0.05, 0.1) is 18.0 Å². The Kier molecular flexibility index (Phi) is 11.5. The number of amides is 2. The van der Waals surface area contributed by atoms with Crippen LogP contribution in [-0.2, 0) is 17.8 Å². The van der Waals surface area contributed by atoms with Crippen LogP contribution in [0.3, 0.4) is 0 Å². The highest BCUT2D eigenvalue weighted by Gasteiger charge is 2.25. The van der Waals surface area contributed by atoms with Crippen LogP contribution in [0.5, 0.6) is 5.75 Å². The van der Waals surface area contributed by atoms with Gasteiger partial charge in [0.15, 0.2) is 11.2 Å². The van der Waals surface area contributed by atoms with E-state index in [2.05, 4.69) is 42.6 Å². The first-order chi connectivity index (χ1) is 23.9.